The first-order valence-corrected chi connectivity index (χ1v) is 9.34. The van der Waals surface area contributed by atoms with E-state index in [1.54, 1.807) is 7.11 Å². The zero-order valence-electron chi connectivity index (χ0n) is 13.9. The van der Waals surface area contributed by atoms with E-state index in [4.69, 9.17) is 9.73 Å². The maximum atomic E-state index is 5.44. The fourth-order valence-corrected chi connectivity index (χ4v) is 4.87. The van der Waals surface area contributed by atoms with Crippen molar-refractivity contribution >= 4 is 16.9 Å². The minimum absolute atomic E-state index is 0.0372. The molecule has 0 radical (unpaired) electrons. The van der Waals surface area contributed by atoms with Gasteiger partial charge in [-0.1, -0.05) is 36.9 Å². The minimum Gasteiger partial charge on any atom is -0.497 e. The van der Waals surface area contributed by atoms with Gasteiger partial charge in [0.1, 0.15) is 11.8 Å². The van der Waals surface area contributed by atoms with E-state index < -0.39 is 0 Å². The number of thioether (sulfide) groups is 1. The van der Waals surface area contributed by atoms with Gasteiger partial charge in [0.2, 0.25) is 0 Å². The molecule has 24 heavy (non-hydrogen) atoms. The SMILES string of the molecule is CC[C@@H]1CSC2=N[C@H](c3ccccn3)[C@H](c3cccc(OC)c3)N21. The molecule has 1 aromatic carbocycles. The third kappa shape index (κ3) is 2.57. The number of pyridine rings is 1. The van der Waals surface area contributed by atoms with Crippen LogP contribution in [0.1, 0.15) is 36.7 Å². The fraction of sp³-hybridized carbons (Fsp3) is 0.368. The molecule has 0 spiro atoms. The molecule has 5 heteroatoms. The summed E-state index contributed by atoms with van der Waals surface area (Å²) in [7, 11) is 1.71. The molecule has 0 amide bonds. The van der Waals surface area contributed by atoms with Crippen molar-refractivity contribution in [2.45, 2.75) is 31.5 Å². The highest BCUT2D eigenvalue weighted by atomic mass is 32.2. The summed E-state index contributed by atoms with van der Waals surface area (Å²) in [6.07, 6.45) is 2.98. The standard InChI is InChI=1S/C19H21N3OS/c1-3-14-12-24-19-21-17(16-9-4-5-10-20-16)18(22(14)19)13-7-6-8-15(11-13)23-2/h4-11,14,17-18H,3,12H2,1-2H3/t14-,17-,18+/m1/s1. The van der Waals surface area contributed by atoms with Gasteiger partial charge >= 0.3 is 0 Å². The molecule has 0 unspecified atom stereocenters. The summed E-state index contributed by atoms with van der Waals surface area (Å²) in [5, 5.41) is 1.16. The predicted molar refractivity (Wildman–Crippen MR) is 98.5 cm³/mol. The van der Waals surface area contributed by atoms with Crippen LogP contribution in [0.2, 0.25) is 0 Å². The monoisotopic (exact) mass is 339 g/mol. The van der Waals surface area contributed by atoms with E-state index in [0.29, 0.717) is 6.04 Å². The Morgan fingerprint density at radius 1 is 1.25 bits per heavy atom. The van der Waals surface area contributed by atoms with Crippen molar-refractivity contribution < 1.29 is 4.74 Å². The second-order valence-corrected chi connectivity index (χ2v) is 7.10. The summed E-state index contributed by atoms with van der Waals surface area (Å²) in [5.74, 6) is 2.01. The first kappa shape index (κ1) is 15.5. The third-order valence-corrected chi connectivity index (χ3v) is 5.89. The lowest BCUT2D eigenvalue weighted by Gasteiger charge is -2.32. The number of benzene rings is 1. The van der Waals surface area contributed by atoms with Gasteiger partial charge in [0, 0.05) is 18.0 Å². The topological polar surface area (TPSA) is 37.7 Å². The summed E-state index contributed by atoms with van der Waals surface area (Å²) >= 11 is 1.87. The molecule has 1 aromatic heterocycles. The Morgan fingerprint density at radius 2 is 2.17 bits per heavy atom. The van der Waals surface area contributed by atoms with Crippen LogP contribution in [0.5, 0.6) is 5.75 Å². The summed E-state index contributed by atoms with van der Waals surface area (Å²) in [5.41, 5.74) is 2.27. The number of methoxy groups -OCH3 is 1. The molecule has 1 saturated heterocycles. The van der Waals surface area contributed by atoms with Gasteiger partial charge in [-0.15, -0.1) is 0 Å². The maximum absolute atomic E-state index is 5.44. The smallest absolute Gasteiger partial charge is 0.160 e. The van der Waals surface area contributed by atoms with Crippen molar-refractivity contribution in [3.8, 4) is 5.75 Å². The molecule has 4 rings (SSSR count). The Hall–Kier alpha value is -2.01. The van der Waals surface area contributed by atoms with Crippen molar-refractivity contribution in [1.29, 1.82) is 0 Å². The summed E-state index contributed by atoms with van der Waals surface area (Å²) in [4.78, 5) is 12.1. The highest BCUT2D eigenvalue weighted by molar-refractivity contribution is 8.14. The van der Waals surface area contributed by atoms with Crippen LogP contribution in [0.3, 0.4) is 0 Å². The van der Waals surface area contributed by atoms with Gasteiger partial charge in [-0.05, 0) is 36.2 Å². The van der Waals surface area contributed by atoms with Crippen LogP contribution in [0.25, 0.3) is 0 Å². The van der Waals surface area contributed by atoms with Gasteiger partial charge in [-0.3, -0.25) is 9.98 Å². The molecule has 3 atom stereocenters. The Morgan fingerprint density at radius 3 is 2.92 bits per heavy atom. The van der Waals surface area contributed by atoms with Crippen molar-refractivity contribution in [3.05, 3.63) is 59.9 Å². The van der Waals surface area contributed by atoms with Crippen LogP contribution in [0, 0.1) is 0 Å². The van der Waals surface area contributed by atoms with Crippen molar-refractivity contribution in [2.24, 2.45) is 4.99 Å². The summed E-state index contributed by atoms with van der Waals surface area (Å²) in [6.45, 7) is 2.25. The summed E-state index contributed by atoms with van der Waals surface area (Å²) in [6, 6.07) is 15.2. The quantitative estimate of drug-likeness (QED) is 0.841. The van der Waals surface area contributed by atoms with Crippen LogP contribution in [0.15, 0.2) is 53.7 Å². The number of aromatic nitrogens is 1. The molecular formula is C19H21N3OS. The van der Waals surface area contributed by atoms with Crippen LogP contribution >= 0.6 is 11.8 Å². The molecule has 2 aliphatic heterocycles. The van der Waals surface area contributed by atoms with Gasteiger partial charge in [0.15, 0.2) is 5.17 Å². The second kappa shape index (κ2) is 6.48. The van der Waals surface area contributed by atoms with E-state index in [2.05, 4.69) is 41.1 Å². The van der Waals surface area contributed by atoms with Crippen molar-refractivity contribution in [1.82, 2.24) is 9.88 Å². The van der Waals surface area contributed by atoms with E-state index in [9.17, 15) is 0 Å². The Balaban J connectivity index is 1.79. The lowest BCUT2D eigenvalue weighted by atomic mass is 9.95. The van der Waals surface area contributed by atoms with Gasteiger partial charge in [-0.2, -0.15) is 0 Å². The van der Waals surface area contributed by atoms with E-state index in [0.717, 1.165) is 28.8 Å². The zero-order chi connectivity index (χ0) is 16.5. The lowest BCUT2D eigenvalue weighted by Crippen LogP contribution is -2.35. The number of nitrogens with zero attached hydrogens (tertiary/aromatic N) is 3. The van der Waals surface area contributed by atoms with Crippen molar-refractivity contribution in [3.63, 3.8) is 0 Å². The van der Waals surface area contributed by atoms with Gasteiger partial charge in [0.25, 0.3) is 0 Å². The Bertz CT molecular complexity index is 749. The highest BCUT2D eigenvalue weighted by Crippen LogP contribution is 2.48. The number of fused-ring (bicyclic) bond motifs is 1. The summed E-state index contributed by atoms with van der Waals surface area (Å²) < 4.78 is 5.44. The highest BCUT2D eigenvalue weighted by Gasteiger charge is 2.45. The third-order valence-electron chi connectivity index (χ3n) is 4.76. The number of aliphatic imine (C=N–C) groups is 1. The molecule has 0 aliphatic carbocycles. The van der Waals surface area contributed by atoms with E-state index in [1.807, 2.05) is 36.2 Å². The average Bonchev–Trinajstić information content (AvgIpc) is 3.21. The van der Waals surface area contributed by atoms with Crippen LogP contribution in [-0.2, 0) is 0 Å². The largest absolute Gasteiger partial charge is 0.497 e. The molecule has 2 aliphatic rings. The first-order valence-electron chi connectivity index (χ1n) is 8.35. The molecule has 0 saturated carbocycles. The first-order chi connectivity index (χ1) is 11.8. The molecule has 0 N–H and O–H groups in total. The van der Waals surface area contributed by atoms with Gasteiger partial charge in [0.05, 0.1) is 18.8 Å². The van der Waals surface area contributed by atoms with Gasteiger partial charge in [-0.25, -0.2) is 0 Å². The molecule has 2 aromatic rings. The molecule has 1 fully saturated rings. The maximum Gasteiger partial charge on any atom is 0.160 e. The number of amidine groups is 1. The average molecular weight is 339 g/mol. The fourth-order valence-electron chi connectivity index (χ4n) is 3.54. The Kier molecular flexibility index (Phi) is 4.19. The van der Waals surface area contributed by atoms with E-state index in [-0.39, 0.29) is 12.1 Å². The number of ether oxygens (including phenoxy) is 1. The predicted octanol–water partition coefficient (Wildman–Crippen LogP) is 4.07. The molecule has 124 valence electrons. The van der Waals surface area contributed by atoms with Crippen LogP contribution in [-0.4, -0.2) is 34.0 Å². The Labute approximate surface area is 147 Å². The number of rotatable bonds is 4. The normalized spacial score (nSPS) is 25.5. The molecular weight excluding hydrogens is 318 g/mol. The second-order valence-electron chi connectivity index (χ2n) is 6.11. The van der Waals surface area contributed by atoms with Crippen LogP contribution < -0.4 is 4.74 Å². The van der Waals surface area contributed by atoms with Crippen LogP contribution in [0.4, 0.5) is 0 Å². The van der Waals surface area contributed by atoms with Crippen molar-refractivity contribution in [2.75, 3.05) is 12.9 Å². The number of hydrogen-bond acceptors (Lipinski definition) is 5. The van der Waals surface area contributed by atoms with E-state index >= 15 is 0 Å². The van der Waals surface area contributed by atoms with Gasteiger partial charge < -0.3 is 9.64 Å². The molecule has 4 nitrogen and oxygen atoms in total. The van der Waals surface area contributed by atoms with E-state index in [1.165, 1.54) is 5.56 Å². The minimum atomic E-state index is 0.0372. The molecule has 3 heterocycles. The zero-order valence-corrected chi connectivity index (χ0v) is 14.7. The number of hydrogen-bond donors (Lipinski definition) is 0. The molecule has 0 bridgehead atoms. The lowest BCUT2D eigenvalue weighted by molar-refractivity contribution is 0.254.